The summed E-state index contributed by atoms with van der Waals surface area (Å²) in [4.78, 5) is 20.8. The number of nitrogens with one attached hydrogen (secondary N) is 1. The van der Waals surface area contributed by atoms with E-state index in [4.69, 9.17) is 0 Å². The molecule has 4 rings (SSSR count). The lowest BCUT2D eigenvalue weighted by molar-refractivity contribution is 0.189. The monoisotopic (exact) mass is 374 g/mol. The third kappa shape index (κ3) is 2.76. The number of amides is 2. The Bertz CT molecular complexity index is 750. The van der Waals surface area contributed by atoms with Gasteiger partial charge >= 0.3 is 6.03 Å². The molecule has 1 N–H and O–H groups in total. The average molecular weight is 375 g/mol. The molecule has 6 heteroatoms. The Morgan fingerprint density at radius 3 is 3.00 bits per heavy atom. The molecule has 2 aliphatic heterocycles. The fraction of sp³-hybridized carbons (Fsp3) is 0.412. The average Bonchev–Trinajstić information content (AvgIpc) is 3.00. The van der Waals surface area contributed by atoms with Crippen LogP contribution in [0.3, 0.4) is 0 Å². The maximum atomic E-state index is 11.9. The molecule has 0 spiro atoms. The Morgan fingerprint density at radius 2 is 2.17 bits per heavy atom. The molecule has 0 aliphatic carbocycles. The van der Waals surface area contributed by atoms with Crippen molar-refractivity contribution < 1.29 is 4.79 Å². The summed E-state index contributed by atoms with van der Waals surface area (Å²) in [6.45, 7) is 3.51. The highest BCUT2D eigenvalue weighted by molar-refractivity contribution is 9.10. The molecule has 1 atom stereocenters. The van der Waals surface area contributed by atoms with Crippen LogP contribution in [-0.4, -0.2) is 48.1 Å². The van der Waals surface area contributed by atoms with E-state index in [1.807, 2.05) is 17.2 Å². The highest BCUT2D eigenvalue weighted by Crippen LogP contribution is 2.30. The first-order valence-electron chi connectivity index (χ1n) is 8.06. The van der Waals surface area contributed by atoms with Gasteiger partial charge in [-0.1, -0.05) is 15.9 Å². The third-order valence-electron chi connectivity index (χ3n) is 4.75. The van der Waals surface area contributed by atoms with Crippen molar-refractivity contribution in [3.8, 4) is 0 Å². The van der Waals surface area contributed by atoms with Crippen LogP contribution in [0.1, 0.15) is 12.8 Å². The Labute approximate surface area is 143 Å². The minimum atomic E-state index is 0.0837. The number of anilines is 1. The van der Waals surface area contributed by atoms with Crippen LogP contribution in [-0.2, 0) is 0 Å². The number of fused-ring (bicyclic) bond motifs is 1. The topological polar surface area (TPSA) is 48.5 Å². The van der Waals surface area contributed by atoms with Crippen molar-refractivity contribution in [3.05, 3.63) is 34.9 Å². The van der Waals surface area contributed by atoms with E-state index in [1.165, 1.54) is 11.1 Å². The van der Waals surface area contributed by atoms with Gasteiger partial charge in [-0.15, -0.1) is 0 Å². The number of hydrogen-bond acceptors (Lipinski definition) is 3. The number of pyridine rings is 1. The summed E-state index contributed by atoms with van der Waals surface area (Å²) in [7, 11) is 0. The standard InChI is InChI=1S/C17H19BrN4O/c18-12-3-4-14-15(10-12)19-6-5-16(14)21-8-1-2-13(11-21)22-9-7-20-17(22)23/h3-6,10,13H,1-2,7-9,11H2,(H,20,23). The Kier molecular flexibility index (Phi) is 3.85. The fourth-order valence-electron chi connectivity index (χ4n) is 3.64. The maximum absolute atomic E-state index is 11.9. The van der Waals surface area contributed by atoms with Crippen molar-refractivity contribution in [3.63, 3.8) is 0 Å². The molecule has 1 aromatic carbocycles. The van der Waals surface area contributed by atoms with E-state index in [0.29, 0.717) is 6.04 Å². The van der Waals surface area contributed by atoms with Gasteiger partial charge in [0, 0.05) is 47.9 Å². The minimum absolute atomic E-state index is 0.0837. The molecule has 2 aromatic rings. The number of halogens is 1. The van der Waals surface area contributed by atoms with Gasteiger partial charge in [0.2, 0.25) is 0 Å². The van der Waals surface area contributed by atoms with Gasteiger partial charge in [-0.3, -0.25) is 4.98 Å². The number of rotatable bonds is 2. The van der Waals surface area contributed by atoms with Crippen LogP contribution < -0.4 is 10.2 Å². The zero-order chi connectivity index (χ0) is 15.8. The second kappa shape index (κ2) is 6.00. The zero-order valence-electron chi connectivity index (χ0n) is 12.8. The summed E-state index contributed by atoms with van der Waals surface area (Å²) in [5.41, 5.74) is 2.21. The van der Waals surface area contributed by atoms with Crippen molar-refractivity contribution in [2.75, 3.05) is 31.1 Å². The van der Waals surface area contributed by atoms with Gasteiger partial charge in [-0.2, -0.15) is 0 Å². The van der Waals surface area contributed by atoms with Gasteiger partial charge in [0.15, 0.2) is 0 Å². The number of benzene rings is 1. The number of urea groups is 1. The first-order chi connectivity index (χ1) is 11.2. The first kappa shape index (κ1) is 14.8. The van der Waals surface area contributed by atoms with Crippen molar-refractivity contribution in [1.82, 2.24) is 15.2 Å². The number of piperidine rings is 1. The lowest BCUT2D eigenvalue weighted by Gasteiger charge is -2.38. The quantitative estimate of drug-likeness (QED) is 0.878. The van der Waals surface area contributed by atoms with E-state index in [0.717, 1.165) is 49.0 Å². The van der Waals surface area contributed by atoms with Gasteiger partial charge in [0.25, 0.3) is 0 Å². The molecular formula is C17H19BrN4O. The van der Waals surface area contributed by atoms with Crippen LogP contribution in [0.25, 0.3) is 10.9 Å². The van der Waals surface area contributed by atoms with E-state index in [9.17, 15) is 4.79 Å². The molecule has 2 aliphatic rings. The molecule has 1 unspecified atom stereocenters. The maximum Gasteiger partial charge on any atom is 0.317 e. The van der Waals surface area contributed by atoms with Gasteiger partial charge in [-0.25, -0.2) is 4.79 Å². The third-order valence-corrected chi connectivity index (χ3v) is 5.24. The van der Waals surface area contributed by atoms with E-state index < -0.39 is 0 Å². The molecule has 0 bridgehead atoms. The molecule has 2 fully saturated rings. The van der Waals surface area contributed by atoms with E-state index >= 15 is 0 Å². The SMILES string of the molecule is O=C1NCCN1C1CCCN(c2ccnc3cc(Br)ccc23)C1. The lowest BCUT2D eigenvalue weighted by Crippen LogP contribution is -2.49. The second-order valence-corrected chi connectivity index (χ2v) is 7.07. The van der Waals surface area contributed by atoms with Crippen molar-refractivity contribution in [2.45, 2.75) is 18.9 Å². The summed E-state index contributed by atoms with van der Waals surface area (Å²) < 4.78 is 1.04. The highest BCUT2D eigenvalue weighted by Gasteiger charge is 2.31. The van der Waals surface area contributed by atoms with Crippen LogP contribution in [0, 0.1) is 0 Å². The molecule has 2 amide bonds. The molecule has 23 heavy (non-hydrogen) atoms. The van der Waals surface area contributed by atoms with Crippen molar-refractivity contribution in [1.29, 1.82) is 0 Å². The van der Waals surface area contributed by atoms with Gasteiger partial charge in [-0.05, 0) is 37.1 Å². The van der Waals surface area contributed by atoms with Crippen molar-refractivity contribution >= 4 is 38.6 Å². The number of nitrogens with zero attached hydrogens (tertiary/aromatic N) is 3. The van der Waals surface area contributed by atoms with Crippen LogP contribution in [0.4, 0.5) is 10.5 Å². The summed E-state index contributed by atoms with van der Waals surface area (Å²) in [6.07, 6.45) is 4.06. The number of carbonyl (C=O) groups excluding carboxylic acids is 1. The largest absolute Gasteiger partial charge is 0.369 e. The molecule has 3 heterocycles. The number of carbonyl (C=O) groups is 1. The molecule has 0 radical (unpaired) electrons. The summed E-state index contributed by atoms with van der Waals surface area (Å²) in [5.74, 6) is 0. The van der Waals surface area contributed by atoms with Crippen LogP contribution in [0.15, 0.2) is 34.9 Å². The van der Waals surface area contributed by atoms with Gasteiger partial charge in [0.05, 0.1) is 11.6 Å². The van der Waals surface area contributed by atoms with E-state index in [2.05, 4.69) is 49.3 Å². The van der Waals surface area contributed by atoms with E-state index in [-0.39, 0.29) is 6.03 Å². The van der Waals surface area contributed by atoms with Crippen LogP contribution >= 0.6 is 15.9 Å². The molecule has 120 valence electrons. The fourth-order valence-corrected chi connectivity index (χ4v) is 3.99. The van der Waals surface area contributed by atoms with E-state index in [1.54, 1.807) is 0 Å². The predicted molar refractivity (Wildman–Crippen MR) is 94.8 cm³/mol. The second-order valence-electron chi connectivity index (χ2n) is 6.16. The Morgan fingerprint density at radius 1 is 1.26 bits per heavy atom. The molecule has 2 saturated heterocycles. The summed E-state index contributed by atoms with van der Waals surface area (Å²) >= 11 is 3.51. The minimum Gasteiger partial charge on any atom is -0.369 e. The zero-order valence-corrected chi connectivity index (χ0v) is 14.4. The molecule has 1 aromatic heterocycles. The normalized spacial score (nSPS) is 21.8. The van der Waals surface area contributed by atoms with Gasteiger partial charge < -0.3 is 15.1 Å². The number of hydrogen-bond donors (Lipinski definition) is 1. The Balaban J connectivity index is 1.64. The van der Waals surface area contributed by atoms with Crippen molar-refractivity contribution in [2.24, 2.45) is 0 Å². The molecule has 5 nitrogen and oxygen atoms in total. The van der Waals surface area contributed by atoms with Gasteiger partial charge in [0.1, 0.15) is 0 Å². The smallest absolute Gasteiger partial charge is 0.317 e. The molecular weight excluding hydrogens is 356 g/mol. The summed E-state index contributed by atoms with van der Waals surface area (Å²) in [6, 6.07) is 8.69. The predicted octanol–water partition coefficient (Wildman–Crippen LogP) is 2.99. The highest BCUT2D eigenvalue weighted by atomic mass is 79.9. The first-order valence-corrected chi connectivity index (χ1v) is 8.85. The van der Waals surface area contributed by atoms with Crippen LogP contribution in [0.2, 0.25) is 0 Å². The number of aromatic nitrogens is 1. The van der Waals surface area contributed by atoms with Crippen LogP contribution in [0.5, 0.6) is 0 Å². The summed E-state index contributed by atoms with van der Waals surface area (Å²) in [5, 5.41) is 4.08. The lowest BCUT2D eigenvalue weighted by atomic mass is 10.0. The Hall–Kier alpha value is -1.82. The molecule has 0 saturated carbocycles.